The largest absolute Gasteiger partial charge is 0.459 e. The van der Waals surface area contributed by atoms with E-state index in [4.69, 9.17) is 9.15 Å². The summed E-state index contributed by atoms with van der Waals surface area (Å²) in [5.41, 5.74) is 1.91. The lowest BCUT2D eigenvalue weighted by atomic mass is 9.94. The van der Waals surface area contributed by atoms with E-state index in [9.17, 15) is 14.4 Å². The van der Waals surface area contributed by atoms with Crippen LogP contribution in [0.5, 0.6) is 0 Å². The van der Waals surface area contributed by atoms with Gasteiger partial charge in [0.1, 0.15) is 6.04 Å². The van der Waals surface area contributed by atoms with E-state index in [1.807, 2.05) is 24.3 Å². The third-order valence-corrected chi connectivity index (χ3v) is 7.11. The predicted octanol–water partition coefficient (Wildman–Crippen LogP) is 3.77. The number of amides is 3. The van der Waals surface area contributed by atoms with Gasteiger partial charge in [-0.25, -0.2) is 0 Å². The molecule has 3 amide bonds. The Morgan fingerprint density at radius 1 is 1.03 bits per heavy atom. The fourth-order valence-electron chi connectivity index (χ4n) is 5.05. The summed E-state index contributed by atoms with van der Waals surface area (Å²) in [4.78, 5) is 41.3. The molecule has 1 saturated heterocycles. The normalized spacial score (nSPS) is 19.0. The summed E-state index contributed by atoms with van der Waals surface area (Å²) < 4.78 is 11.0. The highest BCUT2D eigenvalue weighted by Gasteiger charge is 2.35. The van der Waals surface area contributed by atoms with Crippen molar-refractivity contribution in [3.63, 3.8) is 0 Å². The minimum absolute atomic E-state index is 0.113. The number of nitrogens with one attached hydrogen (secondary N) is 2. The number of carbonyl (C=O) groups is 3. The summed E-state index contributed by atoms with van der Waals surface area (Å²) in [6, 6.07) is 10.3. The van der Waals surface area contributed by atoms with E-state index in [2.05, 4.69) is 17.6 Å². The molecule has 1 aliphatic heterocycles. The van der Waals surface area contributed by atoms with E-state index in [0.717, 1.165) is 56.1 Å². The van der Waals surface area contributed by atoms with Crippen LogP contribution >= 0.6 is 0 Å². The number of benzene rings is 1. The lowest BCUT2D eigenvalue weighted by Gasteiger charge is -2.34. The maximum Gasteiger partial charge on any atom is 0.287 e. The average Bonchev–Trinajstić information content (AvgIpc) is 3.62. The first-order valence-electron chi connectivity index (χ1n) is 13.2. The molecule has 0 unspecified atom stereocenters. The molecule has 2 fully saturated rings. The standard InChI is InChI=1S/C28H37N3O5/c1-2-20-12-14-21(15-13-20)26(28(34)30-22-8-4-3-5-9-22)31(19-23-10-6-16-35-23)25(32)18-29-27(33)24-11-7-17-36-24/h7,11-15,17,22-23,26H,2-6,8-10,16,18-19H2,1H3,(H,29,33)(H,30,34)/t23-,26+/m0/s1. The molecule has 0 radical (unpaired) electrons. The van der Waals surface area contributed by atoms with Gasteiger partial charge < -0.3 is 24.7 Å². The lowest BCUT2D eigenvalue weighted by molar-refractivity contribution is -0.142. The fraction of sp³-hybridized carbons (Fsp3) is 0.536. The molecule has 1 aromatic heterocycles. The molecular formula is C28H37N3O5. The van der Waals surface area contributed by atoms with Gasteiger partial charge in [0.2, 0.25) is 11.8 Å². The summed E-state index contributed by atoms with van der Waals surface area (Å²) in [6.45, 7) is 2.77. The number of nitrogens with zero attached hydrogens (tertiary/aromatic N) is 1. The predicted molar refractivity (Wildman–Crippen MR) is 135 cm³/mol. The number of furan rings is 1. The van der Waals surface area contributed by atoms with Crippen LogP contribution in [0.1, 0.15) is 79.6 Å². The third kappa shape index (κ3) is 6.75. The lowest BCUT2D eigenvalue weighted by Crippen LogP contribution is -2.51. The number of carbonyl (C=O) groups excluding carboxylic acids is 3. The van der Waals surface area contributed by atoms with Gasteiger partial charge in [-0.15, -0.1) is 0 Å². The molecule has 194 valence electrons. The second-order valence-electron chi connectivity index (χ2n) is 9.68. The third-order valence-electron chi connectivity index (χ3n) is 7.11. The molecule has 0 spiro atoms. The SMILES string of the molecule is CCc1ccc([C@H](C(=O)NC2CCCCC2)N(C[C@@H]2CCCO2)C(=O)CNC(=O)c2ccco2)cc1. The van der Waals surface area contributed by atoms with Crippen LogP contribution in [-0.2, 0) is 20.7 Å². The van der Waals surface area contributed by atoms with Gasteiger partial charge >= 0.3 is 0 Å². The highest BCUT2D eigenvalue weighted by Crippen LogP contribution is 2.27. The number of rotatable bonds is 10. The Balaban J connectivity index is 1.58. The van der Waals surface area contributed by atoms with Crippen LogP contribution in [0.4, 0.5) is 0 Å². The van der Waals surface area contributed by atoms with Crippen molar-refractivity contribution in [3.05, 3.63) is 59.5 Å². The minimum atomic E-state index is -0.810. The van der Waals surface area contributed by atoms with Crippen LogP contribution in [0.25, 0.3) is 0 Å². The molecule has 1 aromatic carbocycles. The summed E-state index contributed by atoms with van der Waals surface area (Å²) >= 11 is 0. The smallest absolute Gasteiger partial charge is 0.287 e. The summed E-state index contributed by atoms with van der Waals surface area (Å²) in [6.07, 6.45) is 9.18. The molecule has 1 aliphatic carbocycles. The van der Waals surface area contributed by atoms with Crippen LogP contribution in [0.2, 0.25) is 0 Å². The molecule has 2 aromatic rings. The van der Waals surface area contributed by atoms with Crippen molar-refractivity contribution in [1.82, 2.24) is 15.5 Å². The second-order valence-corrected chi connectivity index (χ2v) is 9.68. The Hall–Kier alpha value is -3.13. The maximum absolute atomic E-state index is 13.8. The van der Waals surface area contributed by atoms with Gasteiger partial charge in [0.05, 0.1) is 18.9 Å². The van der Waals surface area contributed by atoms with E-state index < -0.39 is 11.9 Å². The zero-order valence-corrected chi connectivity index (χ0v) is 21.0. The van der Waals surface area contributed by atoms with Gasteiger partial charge in [-0.2, -0.15) is 0 Å². The van der Waals surface area contributed by atoms with Crippen LogP contribution in [0.15, 0.2) is 47.1 Å². The number of hydrogen-bond donors (Lipinski definition) is 2. The van der Waals surface area contributed by atoms with Crippen molar-refractivity contribution >= 4 is 17.7 Å². The molecule has 2 aliphatic rings. The van der Waals surface area contributed by atoms with E-state index in [-0.39, 0.29) is 42.8 Å². The Labute approximate surface area is 212 Å². The Morgan fingerprint density at radius 3 is 2.44 bits per heavy atom. The average molecular weight is 496 g/mol. The van der Waals surface area contributed by atoms with E-state index in [1.165, 1.54) is 12.7 Å². The molecular weight excluding hydrogens is 458 g/mol. The van der Waals surface area contributed by atoms with Gasteiger partial charge in [-0.3, -0.25) is 14.4 Å². The highest BCUT2D eigenvalue weighted by atomic mass is 16.5. The molecule has 8 nitrogen and oxygen atoms in total. The van der Waals surface area contributed by atoms with Gasteiger partial charge in [-0.1, -0.05) is 50.5 Å². The first-order valence-corrected chi connectivity index (χ1v) is 13.2. The van der Waals surface area contributed by atoms with Crippen molar-refractivity contribution in [2.24, 2.45) is 0 Å². The van der Waals surface area contributed by atoms with Crippen LogP contribution in [0, 0.1) is 0 Å². The monoisotopic (exact) mass is 495 g/mol. The molecule has 2 atom stereocenters. The molecule has 36 heavy (non-hydrogen) atoms. The first kappa shape index (κ1) is 25.9. The van der Waals surface area contributed by atoms with Gasteiger partial charge in [0.15, 0.2) is 5.76 Å². The molecule has 4 rings (SSSR count). The van der Waals surface area contributed by atoms with Crippen LogP contribution in [-0.4, -0.2) is 54.5 Å². The molecule has 2 N–H and O–H groups in total. The van der Waals surface area contributed by atoms with Crippen molar-refractivity contribution in [2.45, 2.75) is 76.5 Å². The van der Waals surface area contributed by atoms with Crippen LogP contribution < -0.4 is 10.6 Å². The number of hydrogen-bond acceptors (Lipinski definition) is 5. The zero-order valence-electron chi connectivity index (χ0n) is 21.0. The summed E-state index contributed by atoms with van der Waals surface area (Å²) in [7, 11) is 0. The Bertz CT molecular complexity index is 993. The summed E-state index contributed by atoms with van der Waals surface area (Å²) in [5, 5.41) is 5.86. The maximum atomic E-state index is 13.8. The van der Waals surface area contributed by atoms with Crippen molar-refractivity contribution in [3.8, 4) is 0 Å². The zero-order chi connectivity index (χ0) is 25.3. The molecule has 8 heteroatoms. The van der Waals surface area contributed by atoms with Crippen molar-refractivity contribution < 1.29 is 23.5 Å². The van der Waals surface area contributed by atoms with Gasteiger partial charge in [0.25, 0.3) is 5.91 Å². The first-order chi connectivity index (χ1) is 17.5. The van der Waals surface area contributed by atoms with Gasteiger partial charge in [0, 0.05) is 19.2 Å². The topological polar surface area (TPSA) is 101 Å². The quantitative estimate of drug-likeness (QED) is 0.523. The Kier molecular flexibility index (Phi) is 9.17. The van der Waals surface area contributed by atoms with E-state index in [1.54, 1.807) is 17.0 Å². The fourth-order valence-corrected chi connectivity index (χ4v) is 5.05. The van der Waals surface area contributed by atoms with E-state index in [0.29, 0.717) is 6.61 Å². The van der Waals surface area contributed by atoms with Crippen LogP contribution in [0.3, 0.4) is 0 Å². The van der Waals surface area contributed by atoms with Gasteiger partial charge in [-0.05, 0) is 55.4 Å². The Morgan fingerprint density at radius 2 is 1.81 bits per heavy atom. The van der Waals surface area contributed by atoms with E-state index >= 15 is 0 Å². The number of ether oxygens (including phenoxy) is 1. The van der Waals surface area contributed by atoms with Crippen molar-refractivity contribution in [1.29, 1.82) is 0 Å². The second kappa shape index (κ2) is 12.7. The molecule has 2 heterocycles. The molecule has 0 bridgehead atoms. The number of aryl methyl sites for hydroxylation is 1. The minimum Gasteiger partial charge on any atom is -0.459 e. The highest BCUT2D eigenvalue weighted by molar-refractivity contribution is 5.95. The molecule has 1 saturated carbocycles. The van der Waals surface area contributed by atoms with Crippen molar-refractivity contribution in [2.75, 3.05) is 19.7 Å². The summed E-state index contributed by atoms with van der Waals surface area (Å²) in [5.74, 6) is -0.861.